The zero-order valence-corrected chi connectivity index (χ0v) is 15.9. The molecule has 0 spiro atoms. The number of hydrogen-bond donors (Lipinski definition) is 1. The third-order valence-electron chi connectivity index (χ3n) is 4.33. The molecule has 0 aliphatic carbocycles. The Balaban J connectivity index is 2.16. The van der Waals surface area contributed by atoms with Gasteiger partial charge in [0.25, 0.3) is 5.56 Å². The summed E-state index contributed by atoms with van der Waals surface area (Å²) in [6.45, 7) is 4.22. The predicted molar refractivity (Wildman–Crippen MR) is 104 cm³/mol. The lowest BCUT2D eigenvalue weighted by atomic mass is 10.0. The van der Waals surface area contributed by atoms with E-state index in [4.69, 9.17) is 10.5 Å². The predicted octanol–water partition coefficient (Wildman–Crippen LogP) is 3.02. The summed E-state index contributed by atoms with van der Waals surface area (Å²) in [5, 5.41) is 2.53. The Hall–Kier alpha value is -2.67. The van der Waals surface area contributed by atoms with Gasteiger partial charge in [-0.2, -0.15) is 0 Å². The Morgan fingerprint density at radius 3 is 2.77 bits per heavy atom. The van der Waals surface area contributed by atoms with E-state index >= 15 is 0 Å². The van der Waals surface area contributed by atoms with Gasteiger partial charge < -0.3 is 10.5 Å². The molecule has 2 heterocycles. The van der Waals surface area contributed by atoms with Crippen LogP contribution in [-0.2, 0) is 11.3 Å². The molecule has 0 unspecified atom stereocenters. The number of carbonyl (C=O) groups is 1. The number of benzene rings is 1. The molecule has 0 aliphatic heterocycles. The lowest BCUT2D eigenvalue weighted by Crippen LogP contribution is -2.24. The van der Waals surface area contributed by atoms with Gasteiger partial charge in [0.2, 0.25) is 5.91 Å². The van der Waals surface area contributed by atoms with Gasteiger partial charge in [-0.25, -0.2) is 4.98 Å². The van der Waals surface area contributed by atoms with Gasteiger partial charge in [-0.3, -0.25) is 14.2 Å². The second-order valence-corrected chi connectivity index (χ2v) is 7.08. The number of fused-ring (bicyclic) bond motifs is 1. The fourth-order valence-electron chi connectivity index (χ4n) is 3.03. The lowest BCUT2D eigenvalue weighted by molar-refractivity contribution is -0.118. The quantitative estimate of drug-likeness (QED) is 0.721. The Kier molecular flexibility index (Phi) is 5.08. The standard InChI is InChI=1S/C19H21N3O3S/c1-11-6-7-15(25-3)13(9-11)14-10-26-18-17(14)19(24)22(12(2)21-18)8-4-5-16(20)23/h6-7,9-10H,4-5,8H2,1-3H3,(H2,20,23). The molecule has 2 N–H and O–H groups in total. The largest absolute Gasteiger partial charge is 0.496 e. The maximum atomic E-state index is 13.1. The second kappa shape index (κ2) is 7.29. The van der Waals surface area contributed by atoms with E-state index < -0.39 is 0 Å². The van der Waals surface area contributed by atoms with E-state index in [9.17, 15) is 9.59 Å². The molecule has 0 radical (unpaired) electrons. The van der Waals surface area contributed by atoms with Crippen molar-refractivity contribution in [2.24, 2.45) is 5.73 Å². The van der Waals surface area contributed by atoms with Crippen LogP contribution >= 0.6 is 11.3 Å². The number of thiophene rings is 1. The first-order chi connectivity index (χ1) is 12.4. The summed E-state index contributed by atoms with van der Waals surface area (Å²) < 4.78 is 7.10. The minimum atomic E-state index is -0.370. The van der Waals surface area contributed by atoms with Crippen LogP contribution in [-0.4, -0.2) is 22.6 Å². The number of carbonyl (C=O) groups excluding carboxylic acids is 1. The summed E-state index contributed by atoms with van der Waals surface area (Å²) in [6, 6.07) is 5.89. The summed E-state index contributed by atoms with van der Waals surface area (Å²) in [4.78, 5) is 29.4. The highest BCUT2D eigenvalue weighted by Crippen LogP contribution is 2.37. The highest BCUT2D eigenvalue weighted by molar-refractivity contribution is 7.17. The number of primary amides is 1. The molecule has 0 saturated carbocycles. The Morgan fingerprint density at radius 1 is 1.31 bits per heavy atom. The van der Waals surface area contributed by atoms with Crippen LogP contribution in [0.5, 0.6) is 5.75 Å². The van der Waals surface area contributed by atoms with Crippen LogP contribution in [0.1, 0.15) is 24.2 Å². The van der Waals surface area contributed by atoms with Gasteiger partial charge in [-0.05, 0) is 32.4 Å². The van der Waals surface area contributed by atoms with Crippen molar-refractivity contribution in [3.8, 4) is 16.9 Å². The van der Waals surface area contributed by atoms with Gasteiger partial charge in [-0.1, -0.05) is 11.6 Å². The molecular formula is C19H21N3O3S. The fourth-order valence-corrected chi connectivity index (χ4v) is 4.01. The Morgan fingerprint density at radius 2 is 2.08 bits per heavy atom. The molecule has 3 rings (SSSR count). The first-order valence-electron chi connectivity index (χ1n) is 8.34. The van der Waals surface area contributed by atoms with Gasteiger partial charge >= 0.3 is 0 Å². The van der Waals surface area contributed by atoms with Crippen molar-refractivity contribution in [1.29, 1.82) is 0 Å². The number of aryl methyl sites for hydroxylation is 2. The monoisotopic (exact) mass is 371 g/mol. The molecule has 136 valence electrons. The lowest BCUT2D eigenvalue weighted by Gasteiger charge is -2.11. The minimum Gasteiger partial charge on any atom is -0.496 e. The summed E-state index contributed by atoms with van der Waals surface area (Å²) in [7, 11) is 1.62. The minimum absolute atomic E-state index is 0.100. The van der Waals surface area contributed by atoms with Crippen molar-refractivity contribution in [1.82, 2.24) is 9.55 Å². The van der Waals surface area contributed by atoms with E-state index in [0.29, 0.717) is 29.0 Å². The first kappa shape index (κ1) is 18.1. The van der Waals surface area contributed by atoms with Crippen molar-refractivity contribution >= 4 is 27.5 Å². The number of ether oxygens (including phenoxy) is 1. The van der Waals surface area contributed by atoms with Gasteiger partial charge in [0, 0.05) is 29.5 Å². The zero-order valence-electron chi connectivity index (χ0n) is 15.0. The highest BCUT2D eigenvalue weighted by Gasteiger charge is 2.18. The van der Waals surface area contributed by atoms with Crippen molar-refractivity contribution < 1.29 is 9.53 Å². The van der Waals surface area contributed by atoms with E-state index in [0.717, 1.165) is 22.4 Å². The van der Waals surface area contributed by atoms with Crippen LogP contribution in [0.2, 0.25) is 0 Å². The van der Waals surface area contributed by atoms with Gasteiger partial charge in [0.05, 0.1) is 12.5 Å². The Bertz CT molecular complexity index is 1040. The highest BCUT2D eigenvalue weighted by atomic mass is 32.1. The summed E-state index contributed by atoms with van der Waals surface area (Å²) in [5.74, 6) is 0.984. The van der Waals surface area contributed by atoms with E-state index in [1.54, 1.807) is 18.6 Å². The smallest absolute Gasteiger partial charge is 0.262 e. The van der Waals surface area contributed by atoms with E-state index in [1.165, 1.54) is 11.3 Å². The van der Waals surface area contributed by atoms with Crippen molar-refractivity contribution in [2.75, 3.05) is 7.11 Å². The number of methoxy groups -OCH3 is 1. The molecule has 2 aromatic heterocycles. The molecule has 0 fully saturated rings. The average Bonchev–Trinajstić information content (AvgIpc) is 3.01. The summed E-state index contributed by atoms with van der Waals surface area (Å²) >= 11 is 1.45. The van der Waals surface area contributed by atoms with Gasteiger partial charge in [-0.15, -0.1) is 11.3 Å². The normalized spacial score (nSPS) is 11.0. The topological polar surface area (TPSA) is 87.2 Å². The van der Waals surface area contributed by atoms with Crippen molar-refractivity contribution in [2.45, 2.75) is 33.2 Å². The molecule has 0 bridgehead atoms. The number of amides is 1. The summed E-state index contributed by atoms with van der Waals surface area (Å²) in [5.41, 5.74) is 7.89. The average molecular weight is 371 g/mol. The van der Waals surface area contributed by atoms with E-state index in [2.05, 4.69) is 4.98 Å². The summed E-state index contributed by atoms with van der Waals surface area (Å²) in [6.07, 6.45) is 0.753. The molecule has 6 nitrogen and oxygen atoms in total. The van der Waals surface area contributed by atoms with Crippen LogP contribution in [0.25, 0.3) is 21.3 Å². The molecule has 26 heavy (non-hydrogen) atoms. The number of aromatic nitrogens is 2. The van der Waals surface area contributed by atoms with Crippen molar-refractivity contribution in [3.63, 3.8) is 0 Å². The maximum absolute atomic E-state index is 13.1. The molecule has 7 heteroatoms. The molecule has 0 saturated heterocycles. The third-order valence-corrected chi connectivity index (χ3v) is 5.21. The van der Waals surface area contributed by atoms with E-state index in [-0.39, 0.29) is 17.9 Å². The van der Waals surface area contributed by atoms with Crippen LogP contribution in [0.15, 0.2) is 28.4 Å². The number of nitrogens with zero attached hydrogens (tertiary/aromatic N) is 2. The van der Waals surface area contributed by atoms with Gasteiger partial charge in [0.15, 0.2) is 0 Å². The van der Waals surface area contributed by atoms with Crippen molar-refractivity contribution in [3.05, 3.63) is 45.3 Å². The number of rotatable bonds is 6. The number of nitrogens with two attached hydrogens (primary N) is 1. The first-order valence-corrected chi connectivity index (χ1v) is 9.22. The Labute approximate surface area is 155 Å². The zero-order chi connectivity index (χ0) is 18.8. The van der Waals surface area contributed by atoms with Gasteiger partial charge in [0.1, 0.15) is 16.4 Å². The molecule has 0 atom stereocenters. The van der Waals surface area contributed by atoms with Crippen LogP contribution in [0, 0.1) is 13.8 Å². The van der Waals surface area contributed by atoms with Crippen LogP contribution in [0.3, 0.4) is 0 Å². The molecule has 3 aromatic rings. The maximum Gasteiger partial charge on any atom is 0.262 e. The van der Waals surface area contributed by atoms with E-state index in [1.807, 2.05) is 30.5 Å². The second-order valence-electron chi connectivity index (χ2n) is 6.22. The third kappa shape index (κ3) is 3.35. The molecule has 1 aromatic carbocycles. The van der Waals surface area contributed by atoms with Crippen LogP contribution < -0.4 is 16.0 Å². The molecular weight excluding hydrogens is 350 g/mol. The molecule has 1 amide bonds. The van der Waals surface area contributed by atoms with Crippen LogP contribution in [0.4, 0.5) is 0 Å². The molecule has 0 aliphatic rings. The number of hydrogen-bond acceptors (Lipinski definition) is 5. The fraction of sp³-hybridized carbons (Fsp3) is 0.316. The SMILES string of the molecule is COc1ccc(C)cc1-c1csc2nc(C)n(CCCC(N)=O)c(=O)c12.